The molecule has 62 valence electrons. The molecule has 0 saturated heterocycles. The molecule has 0 aliphatic carbocycles. The van der Waals surface area contributed by atoms with Crippen LogP contribution in [0.1, 0.15) is 33.6 Å². The lowest BCUT2D eigenvalue weighted by Crippen LogP contribution is -2.09. The van der Waals surface area contributed by atoms with Crippen LogP contribution in [-0.2, 0) is 4.43 Å². The van der Waals surface area contributed by atoms with Crippen molar-refractivity contribution in [2.75, 3.05) is 6.61 Å². The van der Waals surface area contributed by atoms with Crippen molar-refractivity contribution in [2.24, 2.45) is 11.8 Å². The highest BCUT2D eigenvalue weighted by Crippen LogP contribution is 2.17. The van der Waals surface area contributed by atoms with E-state index in [1.165, 1.54) is 12.8 Å². The Morgan fingerprint density at radius 3 is 2.30 bits per heavy atom. The summed E-state index contributed by atoms with van der Waals surface area (Å²) in [6, 6.07) is 0. The molecule has 0 fully saturated rings. The molecule has 0 heterocycles. The van der Waals surface area contributed by atoms with Crippen molar-refractivity contribution < 1.29 is 4.43 Å². The van der Waals surface area contributed by atoms with Crippen molar-refractivity contribution in [2.45, 2.75) is 33.6 Å². The molecule has 0 aliphatic rings. The van der Waals surface area contributed by atoms with E-state index in [-0.39, 0.29) is 0 Å². The molecule has 0 aliphatic heterocycles. The van der Waals surface area contributed by atoms with Gasteiger partial charge in [-0.25, -0.2) is 0 Å². The van der Waals surface area contributed by atoms with Gasteiger partial charge in [0.05, 0.1) is 0 Å². The van der Waals surface area contributed by atoms with Crippen LogP contribution in [0.3, 0.4) is 0 Å². The monoisotopic (exact) mass is 160 g/mol. The third-order valence-electron chi connectivity index (χ3n) is 2.39. The SMILES string of the molecule is CCC(C)C(C)CCO[SiH3]. The lowest BCUT2D eigenvalue weighted by atomic mass is 9.91. The van der Waals surface area contributed by atoms with E-state index in [1.807, 2.05) is 0 Å². The first-order valence-electron chi connectivity index (χ1n) is 4.21. The van der Waals surface area contributed by atoms with Gasteiger partial charge in [0.25, 0.3) is 0 Å². The van der Waals surface area contributed by atoms with Crippen LogP contribution in [0.25, 0.3) is 0 Å². The fourth-order valence-corrected chi connectivity index (χ4v) is 1.23. The first kappa shape index (κ1) is 10.2. The van der Waals surface area contributed by atoms with Gasteiger partial charge >= 0.3 is 0 Å². The smallest absolute Gasteiger partial charge is 0.145 e. The average Bonchev–Trinajstić information content (AvgIpc) is 1.98. The fourth-order valence-electron chi connectivity index (χ4n) is 0.991. The maximum atomic E-state index is 5.15. The highest BCUT2D eigenvalue weighted by molar-refractivity contribution is 5.97. The molecular formula is C8H20OSi. The minimum Gasteiger partial charge on any atom is -0.428 e. The molecule has 0 radical (unpaired) electrons. The van der Waals surface area contributed by atoms with Gasteiger partial charge < -0.3 is 4.43 Å². The van der Waals surface area contributed by atoms with Crippen LogP contribution in [0.5, 0.6) is 0 Å². The van der Waals surface area contributed by atoms with Gasteiger partial charge in [-0.15, -0.1) is 0 Å². The average molecular weight is 160 g/mol. The Bertz CT molecular complexity index is 75.7. The van der Waals surface area contributed by atoms with Gasteiger partial charge in [0, 0.05) is 6.61 Å². The van der Waals surface area contributed by atoms with Crippen LogP contribution in [-0.4, -0.2) is 17.1 Å². The minimum atomic E-state index is 0.832. The highest BCUT2D eigenvalue weighted by Gasteiger charge is 2.08. The molecule has 0 aromatic rings. The van der Waals surface area contributed by atoms with Crippen molar-refractivity contribution >= 4 is 10.5 Å². The number of rotatable bonds is 5. The standard InChI is InChI=1S/C8H20OSi/c1-4-7(2)8(3)5-6-9-10/h7-8H,4-6H2,1-3,10H3. The Morgan fingerprint density at radius 1 is 1.30 bits per heavy atom. The summed E-state index contributed by atoms with van der Waals surface area (Å²) in [4.78, 5) is 0. The Kier molecular flexibility index (Phi) is 6.03. The molecule has 0 amide bonds. The second-order valence-corrected chi connectivity index (χ2v) is 3.72. The van der Waals surface area contributed by atoms with Crippen LogP contribution < -0.4 is 0 Å². The first-order valence-corrected chi connectivity index (χ1v) is 5.03. The maximum Gasteiger partial charge on any atom is 0.145 e. The second-order valence-electron chi connectivity index (χ2n) is 3.14. The zero-order valence-corrected chi connectivity index (χ0v) is 9.68. The summed E-state index contributed by atoms with van der Waals surface area (Å²) in [5.41, 5.74) is 0. The number of hydrogen-bond acceptors (Lipinski definition) is 1. The van der Waals surface area contributed by atoms with E-state index in [0.717, 1.165) is 28.9 Å². The van der Waals surface area contributed by atoms with Crippen molar-refractivity contribution in [3.05, 3.63) is 0 Å². The van der Waals surface area contributed by atoms with Gasteiger partial charge in [-0.05, 0) is 18.3 Å². The van der Waals surface area contributed by atoms with Crippen molar-refractivity contribution in [3.8, 4) is 0 Å². The molecule has 2 unspecified atom stereocenters. The quantitative estimate of drug-likeness (QED) is 0.552. The summed E-state index contributed by atoms with van der Waals surface area (Å²) in [5.74, 6) is 1.69. The van der Waals surface area contributed by atoms with E-state index in [4.69, 9.17) is 4.43 Å². The summed E-state index contributed by atoms with van der Waals surface area (Å²) >= 11 is 0. The molecule has 0 spiro atoms. The Balaban J connectivity index is 3.31. The molecule has 1 nitrogen and oxygen atoms in total. The summed E-state index contributed by atoms with van der Waals surface area (Å²) in [6.45, 7) is 7.85. The molecule has 0 aromatic heterocycles. The normalized spacial score (nSPS) is 17.1. The minimum absolute atomic E-state index is 0.832. The summed E-state index contributed by atoms with van der Waals surface area (Å²) in [7, 11) is 0.892. The van der Waals surface area contributed by atoms with E-state index in [0.29, 0.717) is 0 Å². The van der Waals surface area contributed by atoms with Crippen LogP contribution in [0, 0.1) is 11.8 Å². The molecule has 2 atom stereocenters. The maximum absolute atomic E-state index is 5.15. The first-order chi connectivity index (χ1) is 4.72. The molecule has 0 N–H and O–H groups in total. The third-order valence-corrected chi connectivity index (χ3v) is 2.80. The molecule has 0 bridgehead atoms. The van der Waals surface area contributed by atoms with Gasteiger partial charge in [0.1, 0.15) is 10.5 Å². The van der Waals surface area contributed by atoms with E-state index in [1.54, 1.807) is 0 Å². The van der Waals surface area contributed by atoms with Gasteiger partial charge in [-0.3, -0.25) is 0 Å². The van der Waals surface area contributed by atoms with Crippen LogP contribution in [0.4, 0.5) is 0 Å². The fraction of sp³-hybridized carbons (Fsp3) is 1.00. The zero-order chi connectivity index (χ0) is 7.98. The van der Waals surface area contributed by atoms with Gasteiger partial charge in [0.2, 0.25) is 0 Å². The summed E-state index contributed by atoms with van der Waals surface area (Å²) < 4.78 is 5.15. The van der Waals surface area contributed by atoms with E-state index in [9.17, 15) is 0 Å². The van der Waals surface area contributed by atoms with Crippen molar-refractivity contribution in [3.63, 3.8) is 0 Å². The predicted octanol–water partition coefficient (Wildman–Crippen LogP) is 1.36. The largest absolute Gasteiger partial charge is 0.428 e. The molecule has 0 rings (SSSR count). The topological polar surface area (TPSA) is 9.23 Å². The Morgan fingerprint density at radius 2 is 1.90 bits per heavy atom. The van der Waals surface area contributed by atoms with E-state index in [2.05, 4.69) is 20.8 Å². The second kappa shape index (κ2) is 5.92. The van der Waals surface area contributed by atoms with Gasteiger partial charge in [0.15, 0.2) is 0 Å². The van der Waals surface area contributed by atoms with Crippen molar-refractivity contribution in [1.82, 2.24) is 0 Å². The molecule has 0 saturated carbocycles. The van der Waals surface area contributed by atoms with Crippen molar-refractivity contribution in [1.29, 1.82) is 0 Å². The van der Waals surface area contributed by atoms with Crippen LogP contribution in [0.15, 0.2) is 0 Å². The molecular weight excluding hydrogens is 140 g/mol. The summed E-state index contributed by atoms with van der Waals surface area (Å²) in [5, 5.41) is 0. The van der Waals surface area contributed by atoms with Gasteiger partial charge in [-0.1, -0.05) is 27.2 Å². The lowest BCUT2D eigenvalue weighted by Gasteiger charge is -2.17. The van der Waals surface area contributed by atoms with E-state index < -0.39 is 0 Å². The van der Waals surface area contributed by atoms with E-state index >= 15 is 0 Å². The highest BCUT2D eigenvalue weighted by atomic mass is 28.2. The molecule has 0 aromatic carbocycles. The summed E-state index contributed by atoms with van der Waals surface area (Å²) in [6.07, 6.45) is 2.53. The van der Waals surface area contributed by atoms with Gasteiger partial charge in [-0.2, -0.15) is 0 Å². The number of hydrogen-bond donors (Lipinski definition) is 0. The molecule has 2 heteroatoms. The predicted molar refractivity (Wildman–Crippen MR) is 49.1 cm³/mol. The molecule has 10 heavy (non-hydrogen) atoms. The van der Waals surface area contributed by atoms with Crippen LogP contribution in [0.2, 0.25) is 0 Å². The Hall–Kier alpha value is 0.177. The van der Waals surface area contributed by atoms with Crippen LogP contribution >= 0.6 is 0 Å². The lowest BCUT2D eigenvalue weighted by molar-refractivity contribution is 0.265. The zero-order valence-electron chi connectivity index (χ0n) is 7.68. The third kappa shape index (κ3) is 4.07. The Labute approximate surface area is 67.7 Å².